The summed E-state index contributed by atoms with van der Waals surface area (Å²) in [6.45, 7) is 1.63. The highest BCUT2D eigenvalue weighted by Gasteiger charge is 2.19. The topological polar surface area (TPSA) is 67.2 Å². The third kappa shape index (κ3) is 4.37. The fourth-order valence-corrected chi connectivity index (χ4v) is 3.41. The Bertz CT molecular complexity index is 1230. The lowest BCUT2D eigenvalue weighted by atomic mass is 10.0. The van der Waals surface area contributed by atoms with Crippen molar-refractivity contribution in [2.45, 2.75) is 13.0 Å². The van der Waals surface area contributed by atoms with Gasteiger partial charge in [0.25, 0.3) is 5.91 Å². The highest BCUT2D eigenvalue weighted by Crippen LogP contribution is 2.27. The smallest absolute Gasteiger partial charge is 0.273 e. The van der Waals surface area contributed by atoms with Gasteiger partial charge in [-0.2, -0.15) is 0 Å². The van der Waals surface area contributed by atoms with E-state index in [2.05, 4.69) is 15.6 Å². The van der Waals surface area contributed by atoms with Crippen molar-refractivity contribution >= 4 is 11.6 Å². The second-order valence-electron chi connectivity index (χ2n) is 7.29. The van der Waals surface area contributed by atoms with Gasteiger partial charge >= 0.3 is 0 Å². The molecular weight excluding hydrogens is 412 g/mol. The van der Waals surface area contributed by atoms with Crippen LogP contribution in [-0.4, -0.2) is 17.9 Å². The average molecular weight is 433 g/mol. The average Bonchev–Trinajstić information content (AvgIpc) is 3.30. The van der Waals surface area contributed by atoms with Crippen molar-refractivity contribution in [1.29, 1.82) is 0 Å². The lowest BCUT2D eigenvalue weighted by Crippen LogP contribution is -2.27. The molecule has 1 unspecified atom stereocenters. The van der Waals surface area contributed by atoms with Crippen LogP contribution < -0.4 is 10.6 Å². The van der Waals surface area contributed by atoms with Gasteiger partial charge in [-0.25, -0.2) is 13.8 Å². The van der Waals surface area contributed by atoms with Crippen LogP contribution in [0.2, 0.25) is 0 Å². The van der Waals surface area contributed by atoms with Crippen molar-refractivity contribution in [2.24, 2.45) is 0 Å². The van der Waals surface area contributed by atoms with Crippen LogP contribution in [-0.2, 0) is 0 Å². The molecule has 1 atom stereocenters. The number of hydrogen-bond acceptors (Lipinski definition) is 4. The maximum absolute atomic E-state index is 14.0. The number of rotatable bonds is 6. The lowest BCUT2D eigenvalue weighted by molar-refractivity contribution is 0.0934. The largest absolute Gasteiger partial charge is 0.444 e. The fourth-order valence-electron chi connectivity index (χ4n) is 3.41. The summed E-state index contributed by atoms with van der Waals surface area (Å²) in [5.41, 5.74) is 2.93. The molecule has 0 aliphatic rings. The molecule has 1 amide bonds. The van der Waals surface area contributed by atoms with Crippen molar-refractivity contribution in [3.63, 3.8) is 0 Å². The standard InChI is InChI=1S/C25H21F2N3O2/c1-15(19-12-20(26)23(28-2)21(27)13-19)29-24(31)22-14-32-25(30-22)18-10-6-9-17(11-18)16-7-4-3-5-8-16/h3-15,28H,1-2H3,(H,29,31). The van der Waals surface area contributed by atoms with Crippen molar-refractivity contribution in [3.8, 4) is 22.6 Å². The summed E-state index contributed by atoms with van der Waals surface area (Å²) in [6, 6.07) is 19.2. The molecule has 162 valence electrons. The van der Waals surface area contributed by atoms with E-state index in [0.29, 0.717) is 11.5 Å². The van der Waals surface area contributed by atoms with Crippen LogP contribution in [0.4, 0.5) is 14.5 Å². The number of oxazole rings is 1. The minimum absolute atomic E-state index is 0.0738. The maximum atomic E-state index is 14.0. The van der Waals surface area contributed by atoms with Gasteiger partial charge in [-0.1, -0.05) is 42.5 Å². The lowest BCUT2D eigenvalue weighted by Gasteiger charge is -2.15. The first-order chi connectivity index (χ1) is 15.5. The molecule has 0 radical (unpaired) electrons. The Morgan fingerprint density at radius 3 is 2.28 bits per heavy atom. The third-order valence-electron chi connectivity index (χ3n) is 5.12. The third-order valence-corrected chi connectivity index (χ3v) is 5.12. The van der Waals surface area contributed by atoms with Crippen LogP contribution in [0.1, 0.15) is 29.0 Å². The van der Waals surface area contributed by atoms with E-state index in [1.165, 1.54) is 25.4 Å². The zero-order valence-electron chi connectivity index (χ0n) is 17.5. The Labute approximate surface area is 184 Å². The molecule has 5 nitrogen and oxygen atoms in total. The van der Waals surface area contributed by atoms with Gasteiger partial charge in [-0.3, -0.25) is 4.79 Å². The van der Waals surface area contributed by atoms with E-state index in [9.17, 15) is 13.6 Å². The SMILES string of the molecule is CNc1c(F)cc(C(C)NC(=O)c2coc(-c3cccc(-c4ccccc4)c3)n2)cc1F. The first kappa shape index (κ1) is 21.2. The van der Waals surface area contributed by atoms with E-state index in [1.54, 1.807) is 6.92 Å². The van der Waals surface area contributed by atoms with Gasteiger partial charge in [0.05, 0.1) is 6.04 Å². The summed E-state index contributed by atoms with van der Waals surface area (Å²) in [5.74, 6) is -1.67. The van der Waals surface area contributed by atoms with Crippen LogP contribution in [0, 0.1) is 11.6 Å². The second-order valence-corrected chi connectivity index (χ2v) is 7.29. The summed E-state index contributed by atoms with van der Waals surface area (Å²) in [6.07, 6.45) is 1.26. The molecule has 0 aliphatic heterocycles. The molecule has 0 saturated carbocycles. The summed E-state index contributed by atoms with van der Waals surface area (Å²) in [4.78, 5) is 16.9. The molecule has 1 aromatic heterocycles. The van der Waals surface area contributed by atoms with E-state index in [-0.39, 0.29) is 11.4 Å². The van der Waals surface area contributed by atoms with Gasteiger partial charge in [0, 0.05) is 12.6 Å². The van der Waals surface area contributed by atoms with Gasteiger partial charge in [0.2, 0.25) is 5.89 Å². The molecule has 3 aromatic carbocycles. The summed E-state index contributed by atoms with van der Waals surface area (Å²) < 4.78 is 33.6. The predicted molar refractivity (Wildman–Crippen MR) is 119 cm³/mol. The Morgan fingerprint density at radius 2 is 1.59 bits per heavy atom. The van der Waals surface area contributed by atoms with Crippen molar-refractivity contribution < 1.29 is 18.0 Å². The van der Waals surface area contributed by atoms with Crippen LogP contribution in [0.3, 0.4) is 0 Å². The number of aromatic nitrogens is 1. The molecule has 0 spiro atoms. The molecular formula is C25H21F2N3O2. The minimum atomic E-state index is -0.731. The van der Waals surface area contributed by atoms with Crippen LogP contribution in [0.5, 0.6) is 0 Å². The zero-order chi connectivity index (χ0) is 22.7. The number of nitrogens with zero attached hydrogens (tertiary/aromatic N) is 1. The minimum Gasteiger partial charge on any atom is -0.444 e. The van der Waals surface area contributed by atoms with Gasteiger partial charge in [-0.15, -0.1) is 0 Å². The quantitative estimate of drug-likeness (QED) is 0.402. The van der Waals surface area contributed by atoms with Gasteiger partial charge in [0.1, 0.15) is 23.6 Å². The number of benzene rings is 3. The molecule has 7 heteroatoms. The Hall–Kier alpha value is -4.00. The van der Waals surface area contributed by atoms with E-state index < -0.39 is 23.6 Å². The van der Waals surface area contributed by atoms with Gasteiger partial charge in [-0.05, 0) is 47.9 Å². The number of halogens is 2. The molecule has 0 aliphatic carbocycles. The Balaban J connectivity index is 1.51. The number of hydrogen-bond donors (Lipinski definition) is 2. The van der Waals surface area contributed by atoms with E-state index >= 15 is 0 Å². The first-order valence-electron chi connectivity index (χ1n) is 10.0. The molecule has 4 aromatic rings. The second kappa shape index (κ2) is 9.01. The predicted octanol–water partition coefficient (Wildman–Crippen LogP) is 5.82. The fraction of sp³-hybridized carbons (Fsp3) is 0.120. The molecule has 0 saturated heterocycles. The number of anilines is 1. The van der Waals surface area contributed by atoms with Gasteiger partial charge in [0.15, 0.2) is 5.69 Å². The monoisotopic (exact) mass is 433 g/mol. The number of nitrogens with one attached hydrogen (secondary N) is 2. The number of amides is 1. The van der Waals surface area contributed by atoms with Crippen LogP contribution in [0.25, 0.3) is 22.6 Å². The van der Waals surface area contributed by atoms with Gasteiger partial charge < -0.3 is 15.1 Å². The first-order valence-corrected chi connectivity index (χ1v) is 10.0. The summed E-state index contributed by atoms with van der Waals surface area (Å²) in [5, 5.41) is 5.16. The number of carbonyl (C=O) groups excluding carboxylic acids is 1. The van der Waals surface area contributed by atoms with E-state index in [4.69, 9.17) is 4.42 Å². The Morgan fingerprint density at radius 1 is 0.938 bits per heavy atom. The number of carbonyl (C=O) groups is 1. The maximum Gasteiger partial charge on any atom is 0.273 e. The zero-order valence-corrected chi connectivity index (χ0v) is 17.5. The van der Waals surface area contributed by atoms with E-state index in [1.807, 2.05) is 54.6 Å². The van der Waals surface area contributed by atoms with Crippen molar-refractivity contribution in [3.05, 3.63) is 95.9 Å². The van der Waals surface area contributed by atoms with Crippen LogP contribution in [0.15, 0.2) is 77.4 Å². The van der Waals surface area contributed by atoms with E-state index in [0.717, 1.165) is 16.7 Å². The van der Waals surface area contributed by atoms with Crippen LogP contribution >= 0.6 is 0 Å². The summed E-state index contributed by atoms with van der Waals surface area (Å²) in [7, 11) is 1.43. The molecule has 32 heavy (non-hydrogen) atoms. The highest BCUT2D eigenvalue weighted by atomic mass is 19.1. The summed E-state index contributed by atoms with van der Waals surface area (Å²) >= 11 is 0. The van der Waals surface area contributed by atoms with Crippen molar-refractivity contribution in [2.75, 3.05) is 12.4 Å². The molecule has 1 heterocycles. The Kier molecular flexibility index (Phi) is 5.98. The molecule has 0 bridgehead atoms. The molecule has 2 N–H and O–H groups in total. The molecule has 4 rings (SSSR count). The van der Waals surface area contributed by atoms with Crippen molar-refractivity contribution in [1.82, 2.24) is 10.3 Å². The normalized spacial score (nSPS) is 11.8. The molecule has 0 fully saturated rings. The highest BCUT2D eigenvalue weighted by molar-refractivity contribution is 5.92.